The zero-order valence-corrected chi connectivity index (χ0v) is 15.2. The van der Waals surface area contributed by atoms with Crippen LogP contribution in [-0.2, 0) is 27.5 Å². The first-order valence-electron chi connectivity index (χ1n) is 7.60. The van der Waals surface area contributed by atoms with Crippen LogP contribution < -0.4 is 4.72 Å². The van der Waals surface area contributed by atoms with Crippen molar-refractivity contribution in [1.29, 1.82) is 0 Å². The second-order valence-corrected chi connectivity index (χ2v) is 7.47. The number of carbonyl (C=O) groups is 1. The summed E-state index contributed by atoms with van der Waals surface area (Å²) in [6.45, 7) is 1.55. The lowest BCUT2D eigenvalue weighted by molar-refractivity contribution is -0.140. The molecule has 5 nitrogen and oxygen atoms in total. The molecule has 146 valence electrons. The van der Waals surface area contributed by atoms with E-state index in [2.05, 4.69) is 4.72 Å². The fraction of sp³-hybridized carbons (Fsp3) is 0.235. The Morgan fingerprint density at radius 1 is 1.15 bits per heavy atom. The summed E-state index contributed by atoms with van der Waals surface area (Å²) in [5, 5.41) is 0. The molecule has 0 aliphatic heterocycles. The average molecular weight is 404 g/mol. The van der Waals surface area contributed by atoms with Gasteiger partial charge in [0.25, 0.3) is 10.0 Å². The highest BCUT2D eigenvalue weighted by molar-refractivity contribution is 7.92. The number of hydrogen-bond donors (Lipinski definition) is 1. The van der Waals surface area contributed by atoms with Gasteiger partial charge in [0, 0.05) is 26.2 Å². The number of amides is 1. The SMILES string of the molecule is CC(=O)N(C)Cc1cccc(NS(=O)(=O)c2ccc(F)cc2C(F)(F)F)c1. The summed E-state index contributed by atoms with van der Waals surface area (Å²) in [7, 11) is -3.07. The van der Waals surface area contributed by atoms with Crippen LogP contribution in [-0.4, -0.2) is 26.3 Å². The molecule has 0 atom stereocenters. The number of anilines is 1. The largest absolute Gasteiger partial charge is 0.417 e. The third-order valence-electron chi connectivity index (χ3n) is 3.67. The van der Waals surface area contributed by atoms with Gasteiger partial charge in [0.05, 0.1) is 10.5 Å². The molecule has 10 heteroatoms. The van der Waals surface area contributed by atoms with E-state index in [-0.39, 0.29) is 24.2 Å². The molecule has 0 radical (unpaired) electrons. The van der Waals surface area contributed by atoms with Gasteiger partial charge in [-0.1, -0.05) is 12.1 Å². The quantitative estimate of drug-likeness (QED) is 0.774. The second-order valence-electron chi connectivity index (χ2n) is 5.82. The first-order valence-corrected chi connectivity index (χ1v) is 9.08. The summed E-state index contributed by atoms with van der Waals surface area (Å²) >= 11 is 0. The molecule has 0 saturated heterocycles. The van der Waals surface area contributed by atoms with Gasteiger partial charge in [-0.05, 0) is 35.9 Å². The van der Waals surface area contributed by atoms with E-state index in [0.29, 0.717) is 17.7 Å². The van der Waals surface area contributed by atoms with Gasteiger partial charge in [0.15, 0.2) is 0 Å². The first-order chi connectivity index (χ1) is 12.4. The molecule has 2 aromatic carbocycles. The number of hydrogen-bond acceptors (Lipinski definition) is 3. The Bertz CT molecular complexity index is 959. The molecule has 0 aromatic heterocycles. The number of nitrogens with zero attached hydrogens (tertiary/aromatic N) is 1. The second kappa shape index (κ2) is 7.55. The smallest absolute Gasteiger partial charge is 0.342 e. The third-order valence-corrected chi connectivity index (χ3v) is 5.11. The van der Waals surface area contributed by atoms with Crippen molar-refractivity contribution in [3.05, 3.63) is 59.4 Å². The Labute approximate surface area is 153 Å². The van der Waals surface area contributed by atoms with Crippen LogP contribution in [0, 0.1) is 5.82 Å². The van der Waals surface area contributed by atoms with Crippen LogP contribution >= 0.6 is 0 Å². The first kappa shape index (κ1) is 20.7. The average Bonchev–Trinajstić information content (AvgIpc) is 2.53. The maximum atomic E-state index is 13.2. The molecule has 1 N–H and O–H groups in total. The number of sulfonamides is 1. The van der Waals surface area contributed by atoms with Crippen molar-refractivity contribution < 1.29 is 30.8 Å². The zero-order valence-electron chi connectivity index (χ0n) is 14.3. The van der Waals surface area contributed by atoms with Crippen molar-refractivity contribution in [3.8, 4) is 0 Å². The van der Waals surface area contributed by atoms with Gasteiger partial charge in [-0.2, -0.15) is 13.2 Å². The minimum atomic E-state index is -5.04. The maximum Gasteiger partial charge on any atom is 0.417 e. The topological polar surface area (TPSA) is 66.5 Å². The normalized spacial score (nSPS) is 11.9. The van der Waals surface area contributed by atoms with Crippen LogP contribution in [0.2, 0.25) is 0 Å². The lowest BCUT2D eigenvalue weighted by atomic mass is 10.2. The molecule has 2 rings (SSSR count). The Morgan fingerprint density at radius 2 is 1.81 bits per heavy atom. The molecule has 2 aromatic rings. The van der Waals surface area contributed by atoms with E-state index in [0.717, 1.165) is 0 Å². The van der Waals surface area contributed by atoms with E-state index >= 15 is 0 Å². The molecule has 0 fully saturated rings. The van der Waals surface area contributed by atoms with Gasteiger partial charge >= 0.3 is 6.18 Å². The van der Waals surface area contributed by atoms with Gasteiger partial charge in [0.1, 0.15) is 5.82 Å². The molecule has 1 amide bonds. The minimum absolute atomic E-state index is 0.0156. The van der Waals surface area contributed by atoms with Gasteiger partial charge < -0.3 is 4.90 Å². The predicted octanol–water partition coefficient (Wildman–Crippen LogP) is 3.62. The standard InChI is InChI=1S/C17H16F4N2O3S/c1-11(24)23(2)10-12-4-3-5-14(8-12)22-27(25,26)16-7-6-13(18)9-15(16)17(19,20)21/h3-9,22H,10H2,1-2H3. The number of nitrogens with one attached hydrogen (secondary N) is 1. The molecule has 0 heterocycles. The summed E-state index contributed by atoms with van der Waals surface area (Å²) in [5.74, 6) is -1.40. The van der Waals surface area contributed by atoms with Crippen LogP contribution in [0.3, 0.4) is 0 Å². The Morgan fingerprint density at radius 3 is 2.41 bits per heavy atom. The van der Waals surface area contributed by atoms with Crippen molar-refractivity contribution in [3.63, 3.8) is 0 Å². The van der Waals surface area contributed by atoms with Crippen molar-refractivity contribution >= 4 is 21.6 Å². The molecule has 0 bridgehead atoms. The van der Waals surface area contributed by atoms with Crippen molar-refractivity contribution in [2.45, 2.75) is 24.5 Å². The molecule has 0 unspecified atom stereocenters. The number of alkyl halides is 3. The lowest BCUT2D eigenvalue weighted by Gasteiger charge is -2.17. The van der Waals surface area contributed by atoms with Crippen LogP contribution in [0.1, 0.15) is 18.1 Å². The van der Waals surface area contributed by atoms with E-state index in [9.17, 15) is 30.8 Å². The highest BCUT2D eigenvalue weighted by Crippen LogP contribution is 2.35. The van der Waals surface area contributed by atoms with Gasteiger partial charge in [-0.25, -0.2) is 12.8 Å². The molecule has 0 aliphatic carbocycles. The highest BCUT2D eigenvalue weighted by atomic mass is 32.2. The summed E-state index contributed by atoms with van der Waals surface area (Å²) < 4.78 is 79.3. The summed E-state index contributed by atoms with van der Waals surface area (Å²) in [4.78, 5) is 11.6. The number of halogens is 4. The minimum Gasteiger partial charge on any atom is -0.342 e. The van der Waals surface area contributed by atoms with Crippen molar-refractivity contribution in [2.24, 2.45) is 0 Å². The van der Waals surface area contributed by atoms with Gasteiger partial charge in [-0.15, -0.1) is 0 Å². The van der Waals surface area contributed by atoms with E-state index in [1.165, 1.54) is 30.0 Å². The van der Waals surface area contributed by atoms with E-state index < -0.39 is 32.5 Å². The zero-order chi connectivity index (χ0) is 20.4. The molecular formula is C17H16F4N2O3S. The van der Waals surface area contributed by atoms with Gasteiger partial charge in [0.2, 0.25) is 5.91 Å². The molecule has 27 heavy (non-hydrogen) atoms. The molecule has 0 spiro atoms. The molecule has 0 aliphatic rings. The Kier molecular flexibility index (Phi) is 5.79. The monoisotopic (exact) mass is 404 g/mol. The van der Waals surface area contributed by atoms with Crippen LogP contribution in [0.25, 0.3) is 0 Å². The third kappa shape index (κ3) is 5.19. The van der Waals surface area contributed by atoms with Crippen LogP contribution in [0.5, 0.6) is 0 Å². The predicted molar refractivity (Wildman–Crippen MR) is 90.8 cm³/mol. The summed E-state index contributed by atoms with van der Waals surface area (Å²) in [6, 6.07) is 7.22. The maximum absolute atomic E-state index is 13.2. The Hall–Kier alpha value is -2.62. The fourth-order valence-electron chi connectivity index (χ4n) is 2.29. The number of rotatable bonds is 5. The van der Waals surface area contributed by atoms with E-state index in [1.807, 2.05) is 0 Å². The lowest BCUT2D eigenvalue weighted by Crippen LogP contribution is -2.23. The summed E-state index contributed by atoms with van der Waals surface area (Å²) in [6.07, 6.45) is -5.04. The van der Waals surface area contributed by atoms with Gasteiger partial charge in [-0.3, -0.25) is 9.52 Å². The molecule has 0 saturated carbocycles. The molecular weight excluding hydrogens is 388 g/mol. The van der Waals surface area contributed by atoms with Crippen molar-refractivity contribution in [2.75, 3.05) is 11.8 Å². The highest BCUT2D eigenvalue weighted by Gasteiger charge is 2.37. The van der Waals surface area contributed by atoms with E-state index in [1.54, 1.807) is 13.1 Å². The summed E-state index contributed by atoms with van der Waals surface area (Å²) in [5.41, 5.74) is -1.01. The number of benzene rings is 2. The Balaban J connectivity index is 2.37. The van der Waals surface area contributed by atoms with Crippen LogP contribution in [0.4, 0.5) is 23.2 Å². The van der Waals surface area contributed by atoms with E-state index in [4.69, 9.17) is 0 Å². The fourth-order valence-corrected chi connectivity index (χ4v) is 3.55. The number of carbonyl (C=O) groups excluding carboxylic acids is 1. The van der Waals surface area contributed by atoms with Crippen molar-refractivity contribution in [1.82, 2.24) is 4.90 Å². The van der Waals surface area contributed by atoms with Crippen LogP contribution in [0.15, 0.2) is 47.4 Å².